The molecule has 0 fully saturated rings. The van der Waals surface area contributed by atoms with Gasteiger partial charge in [-0.05, 0) is 105 Å². The first-order chi connectivity index (χ1) is 33.9. The maximum Gasteiger partial charge on any atom is 0.321 e. The summed E-state index contributed by atoms with van der Waals surface area (Å²) in [5, 5.41) is 24.3. The number of fused-ring (bicyclic) bond motifs is 9. The van der Waals surface area contributed by atoms with Gasteiger partial charge in [-0.25, -0.2) is 19.0 Å². The minimum atomic E-state index is -0.426. The van der Waals surface area contributed by atoms with Crippen molar-refractivity contribution < 1.29 is 14.3 Å². The van der Waals surface area contributed by atoms with Gasteiger partial charge < -0.3 is 15.4 Å². The van der Waals surface area contributed by atoms with Crippen molar-refractivity contribution >= 4 is 51.7 Å². The van der Waals surface area contributed by atoms with Gasteiger partial charge in [0.1, 0.15) is 22.9 Å². The van der Waals surface area contributed by atoms with Crippen LogP contribution in [-0.2, 0) is 0 Å². The Labute approximate surface area is 396 Å². The number of hydrogen-bond acceptors (Lipinski definition) is 6. The summed E-state index contributed by atoms with van der Waals surface area (Å²) in [6.07, 6.45) is 5.45. The van der Waals surface area contributed by atoms with Gasteiger partial charge in [0.15, 0.2) is 0 Å². The molecule has 0 saturated heterocycles. The zero-order valence-corrected chi connectivity index (χ0v) is 37.5. The highest BCUT2D eigenvalue weighted by molar-refractivity contribution is 6.10. The molecule has 0 bridgehead atoms. The molecular weight excluding hydrogens is 859 g/mol. The van der Waals surface area contributed by atoms with Crippen LogP contribution in [0.5, 0.6) is 5.75 Å². The van der Waals surface area contributed by atoms with E-state index in [1.807, 2.05) is 128 Å². The van der Waals surface area contributed by atoms with Crippen LogP contribution in [0.4, 0.5) is 21.2 Å². The van der Waals surface area contributed by atoms with Crippen molar-refractivity contribution in [2.75, 3.05) is 17.7 Å². The molecule has 3 heterocycles. The average molecular weight is 902 g/mol. The van der Waals surface area contributed by atoms with Crippen molar-refractivity contribution in [3.05, 3.63) is 204 Å². The maximum atomic E-state index is 14.1. The molecule has 2 aliphatic rings. The second-order valence-electron chi connectivity index (χ2n) is 17.0. The summed E-state index contributed by atoms with van der Waals surface area (Å²) in [7, 11) is 1.64. The Bertz CT molecular complexity index is 3640. The number of hydrogen-bond donors (Lipinski definition) is 4. The molecule has 7 aromatic carbocycles. The number of rotatable bonds is 9. The maximum absolute atomic E-state index is 14.1. The molecule has 3 aromatic heterocycles. The topological polar surface area (TPSA) is 140 Å². The van der Waals surface area contributed by atoms with Crippen molar-refractivity contribution in [2.45, 2.75) is 19.0 Å². The van der Waals surface area contributed by atoms with E-state index in [0.29, 0.717) is 17.3 Å². The van der Waals surface area contributed by atoms with Gasteiger partial charge >= 0.3 is 12.1 Å². The van der Waals surface area contributed by atoms with E-state index >= 15 is 0 Å². The molecule has 0 aliphatic heterocycles. The largest absolute Gasteiger partial charge is 0.497 e. The van der Waals surface area contributed by atoms with Crippen LogP contribution in [0, 0.1) is 0 Å². The van der Waals surface area contributed by atoms with Crippen LogP contribution in [-0.4, -0.2) is 43.7 Å². The molecule has 1 atom stereocenters. The highest BCUT2D eigenvalue weighted by atomic mass is 16.5. The van der Waals surface area contributed by atoms with Gasteiger partial charge in [-0.3, -0.25) is 15.6 Å². The van der Waals surface area contributed by atoms with Gasteiger partial charge in [-0.15, -0.1) is 0 Å². The van der Waals surface area contributed by atoms with Crippen molar-refractivity contribution in [1.29, 1.82) is 0 Å². The monoisotopic (exact) mass is 901 g/mol. The number of anilines is 2. The van der Waals surface area contributed by atoms with E-state index in [9.17, 15) is 9.59 Å². The molecule has 1 unspecified atom stereocenters. The molecule has 12 nitrogen and oxygen atoms in total. The Morgan fingerprint density at radius 3 is 1.90 bits per heavy atom. The summed E-state index contributed by atoms with van der Waals surface area (Å²) < 4.78 is 8.86. The number of amides is 4. The number of pyridine rings is 1. The summed E-state index contributed by atoms with van der Waals surface area (Å²) in [4.78, 5) is 32.8. The lowest BCUT2D eigenvalue weighted by atomic mass is 9.94. The first kappa shape index (κ1) is 41.2. The zero-order valence-electron chi connectivity index (χ0n) is 37.5. The molecule has 69 heavy (non-hydrogen) atoms. The number of nitrogens with one attached hydrogen (secondary N) is 4. The third-order valence-corrected chi connectivity index (χ3v) is 13.1. The third kappa shape index (κ3) is 7.13. The molecule has 0 radical (unpaired) electrons. The molecular formula is C57H43N9O3. The van der Waals surface area contributed by atoms with Crippen LogP contribution in [0.2, 0.25) is 0 Å². The average Bonchev–Trinajstić information content (AvgIpc) is 4.14. The molecule has 10 aromatic rings. The minimum Gasteiger partial charge on any atom is -0.497 e. The molecule has 12 heteroatoms. The lowest BCUT2D eigenvalue weighted by molar-refractivity contribution is 0.249. The zero-order chi connectivity index (χ0) is 46.6. The normalized spacial score (nSPS) is 13.5. The van der Waals surface area contributed by atoms with E-state index in [0.717, 1.165) is 94.4 Å². The van der Waals surface area contributed by atoms with Crippen LogP contribution in [0.1, 0.15) is 41.3 Å². The number of aromatic nitrogens is 5. The second-order valence-corrected chi connectivity index (χ2v) is 17.0. The Kier molecular flexibility index (Phi) is 10.1. The van der Waals surface area contributed by atoms with E-state index in [4.69, 9.17) is 14.9 Å². The Morgan fingerprint density at radius 2 is 1.19 bits per heavy atom. The number of benzene rings is 7. The van der Waals surface area contributed by atoms with Crippen molar-refractivity contribution in [3.63, 3.8) is 0 Å². The Balaban J connectivity index is 0.851. The molecule has 334 valence electrons. The predicted octanol–water partition coefficient (Wildman–Crippen LogP) is 12.4. The lowest BCUT2D eigenvalue weighted by Gasteiger charge is -2.18. The fourth-order valence-electron chi connectivity index (χ4n) is 9.94. The highest BCUT2D eigenvalue weighted by Crippen LogP contribution is 2.48. The number of para-hydroxylation sites is 1. The molecule has 12 rings (SSSR count). The third-order valence-electron chi connectivity index (χ3n) is 13.1. The van der Waals surface area contributed by atoms with Gasteiger partial charge in [0.05, 0.1) is 41.5 Å². The van der Waals surface area contributed by atoms with Gasteiger partial charge in [0.2, 0.25) is 0 Å². The summed E-state index contributed by atoms with van der Waals surface area (Å²) in [5.74, 6) is 1.76. The van der Waals surface area contributed by atoms with Gasteiger partial charge in [0.25, 0.3) is 0 Å². The first-order valence-corrected chi connectivity index (χ1v) is 22.7. The summed E-state index contributed by atoms with van der Waals surface area (Å²) in [5.41, 5.74) is 14.2. The number of nitrogens with zero attached hydrogens (tertiary/aromatic N) is 5. The standard InChI is InChI=1S/C57H43N9O3/c1-3-31-65-55(47-33-58-48-22-11-10-19-45(48)54(47)64-65)62-57(68)61-53-44-18-9-6-15-41(44)51-38(20-12-21-46(51)53)34-23-27-36(28-24-34)66-50(32-49(63-66)35-25-29-37(69-2)30-26-35)59-56(67)60-52-42-16-7-4-13-39(42)40-14-5-8-17-43(40)52/h3-33,52-53H,1-2H3,(H2,59,60,67)(H2,61,62,68). The number of carbonyl (C=O) groups excluding carboxylic acids is 2. The minimum absolute atomic E-state index is 0.317. The fraction of sp³-hybridized carbons (Fsp3) is 0.0702. The van der Waals surface area contributed by atoms with Crippen molar-refractivity contribution in [3.8, 4) is 56.1 Å². The van der Waals surface area contributed by atoms with Crippen LogP contribution < -0.4 is 26.0 Å². The summed E-state index contributed by atoms with van der Waals surface area (Å²) in [6.45, 7) is 1.91. The lowest BCUT2D eigenvalue weighted by Crippen LogP contribution is -2.33. The number of carbonyl (C=O) groups is 2. The van der Waals surface area contributed by atoms with Gasteiger partial charge in [-0.1, -0.05) is 127 Å². The van der Waals surface area contributed by atoms with Gasteiger partial charge in [-0.2, -0.15) is 10.2 Å². The molecule has 4 N–H and O–H groups in total. The number of allylic oxidation sites excluding steroid dienone is 1. The fourth-order valence-corrected chi connectivity index (χ4v) is 9.94. The van der Waals surface area contributed by atoms with E-state index in [1.54, 1.807) is 22.7 Å². The van der Waals surface area contributed by atoms with Gasteiger partial charge in [0, 0.05) is 29.4 Å². The molecule has 4 amide bonds. The molecule has 0 saturated carbocycles. The highest BCUT2D eigenvalue weighted by Gasteiger charge is 2.33. The van der Waals surface area contributed by atoms with Crippen molar-refractivity contribution in [2.24, 2.45) is 0 Å². The predicted molar refractivity (Wildman–Crippen MR) is 272 cm³/mol. The van der Waals surface area contributed by atoms with Crippen molar-refractivity contribution in [1.82, 2.24) is 35.2 Å². The smallest absolute Gasteiger partial charge is 0.321 e. The number of methoxy groups -OCH3 is 1. The Hall–Kier alpha value is -9.29. The second kappa shape index (κ2) is 16.9. The number of urea groups is 2. The Morgan fingerprint density at radius 1 is 0.594 bits per heavy atom. The van der Waals surface area contributed by atoms with E-state index in [1.165, 1.54) is 0 Å². The van der Waals surface area contributed by atoms with E-state index in [-0.39, 0.29) is 18.1 Å². The first-order valence-electron chi connectivity index (χ1n) is 22.7. The summed E-state index contributed by atoms with van der Waals surface area (Å²) >= 11 is 0. The van der Waals surface area contributed by atoms with Crippen LogP contribution in [0.3, 0.4) is 0 Å². The molecule has 2 aliphatic carbocycles. The van der Waals surface area contributed by atoms with Crippen LogP contribution in [0.25, 0.3) is 78.3 Å². The van der Waals surface area contributed by atoms with Crippen LogP contribution in [0.15, 0.2) is 182 Å². The number of ether oxygens (including phenoxy) is 1. The summed E-state index contributed by atoms with van der Waals surface area (Å²) in [6, 6.07) is 54.8. The quantitative estimate of drug-likeness (QED) is 0.114. The van der Waals surface area contributed by atoms with E-state index in [2.05, 4.69) is 86.9 Å². The van der Waals surface area contributed by atoms with Crippen LogP contribution >= 0.6 is 0 Å². The van der Waals surface area contributed by atoms with E-state index < -0.39 is 6.04 Å². The SMILES string of the molecule is CC=Cn1nc2c(cnc3ccccc32)c1NC(=O)NC1c2ccccc2-c2c(-c3ccc(-n4nc(-c5ccc(OC)cc5)cc4NC(=O)NC4c5ccccc5-c5ccccc54)cc3)cccc21. The molecule has 0 spiro atoms.